The number of fused-ring (bicyclic) bond motifs is 1. The van der Waals surface area contributed by atoms with E-state index in [9.17, 15) is 0 Å². The lowest BCUT2D eigenvalue weighted by Crippen LogP contribution is -1.68. The lowest BCUT2D eigenvalue weighted by molar-refractivity contribution is 0.575. The molecule has 4 heteroatoms. The van der Waals surface area contributed by atoms with Crippen molar-refractivity contribution >= 4 is 58.8 Å². The largest absolute Gasteiger partial charge is 0.460 e. The molecule has 1 nitrogen and oxygen atoms in total. The number of furan rings is 1. The molecule has 0 saturated carbocycles. The highest BCUT2D eigenvalue weighted by molar-refractivity contribution is 9.11. The Morgan fingerprint density at radius 3 is 2.62 bits per heavy atom. The van der Waals surface area contributed by atoms with Crippen LogP contribution in [0.3, 0.4) is 0 Å². The second kappa shape index (κ2) is 3.75. The molecule has 0 radical (unpaired) electrons. The zero-order valence-electron chi connectivity index (χ0n) is 6.48. The molecule has 0 aliphatic rings. The van der Waals surface area contributed by atoms with E-state index in [4.69, 9.17) is 4.42 Å². The zero-order chi connectivity index (χ0) is 9.42. The Hall–Kier alpha value is 0.200. The fraction of sp³-hybridized carbons (Fsp3) is 0.111. The van der Waals surface area contributed by atoms with Crippen LogP contribution >= 0.6 is 47.8 Å². The number of hydrogen-bond acceptors (Lipinski definition) is 1. The first kappa shape index (κ1) is 9.74. The maximum absolute atomic E-state index is 5.57. The summed E-state index contributed by atoms with van der Waals surface area (Å²) in [4.78, 5) is 0. The highest BCUT2D eigenvalue weighted by Crippen LogP contribution is 2.31. The summed E-state index contributed by atoms with van der Waals surface area (Å²) in [6.07, 6.45) is 0. The lowest BCUT2D eigenvalue weighted by atomic mass is 10.2. The molecule has 13 heavy (non-hydrogen) atoms. The fourth-order valence-electron chi connectivity index (χ4n) is 1.18. The molecular weight excluding hydrogens is 364 g/mol. The summed E-state index contributed by atoms with van der Waals surface area (Å²) >= 11 is 10.3. The monoisotopic (exact) mass is 366 g/mol. The molecule has 0 aliphatic carbocycles. The molecule has 0 N–H and O–H groups in total. The van der Waals surface area contributed by atoms with E-state index in [1.165, 1.54) is 0 Å². The van der Waals surface area contributed by atoms with Crippen molar-refractivity contribution in [3.05, 3.63) is 32.9 Å². The van der Waals surface area contributed by atoms with Crippen LogP contribution in [0.4, 0.5) is 0 Å². The molecule has 0 unspecified atom stereocenters. The van der Waals surface area contributed by atoms with Crippen molar-refractivity contribution in [3.8, 4) is 0 Å². The molecule has 0 atom stereocenters. The SMILES string of the molecule is BrCc1cc2c(Br)cc(Br)cc2o1. The maximum Gasteiger partial charge on any atom is 0.136 e. The van der Waals surface area contributed by atoms with Crippen molar-refractivity contribution in [2.24, 2.45) is 0 Å². The van der Waals surface area contributed by atoms with Gasteiger partial charge in [0.05, 0.1) is 5.33 Å². The molecule has 2 rings (SSSR count). The Labute approximate surface area is 101 Å². The molecule has 0 amide bonds. The van der Waals surface area contributed by atoms with Gasteiger partial charge >= 0.3 is 0 Å². The third-order valence-electron chi connectivity index (χ3n) is 1.73. The maximum atomic E-state index is 5.57. The van der Waals surface area contributed by atoms with Crippen molar-refractivity contribution in [1.82, 2.24) is 0 Å². The third-order valence-corrected chi connectivity index (χ3v) is 3.40. The number of benzene rings is 1. The van der Waals surface area contributed by atoms with Gasteiger partial charge < -0.3 is 4.42 Å². The van der Waals surface area contributed by atoms with Gasteiger partial charge in [-0.25, -0.2) is 0 Å². The van der Waals surface area contributed by atoms with Crippen LogP contribution in [0.15, 0.2) is 31.6 Å². The standard InChI is InChI=1S/C9H5Br3O/c10-4-6-3-7-8(12)1-5(11)2-9(7)13-6/h1-3H,4H2. The van der Waals surface area contributed by atoms with Crippen molar-refractivity contribution in [2.75, 3.05) is 0 Å². The Balaban J connectivity index is 2.75. The molecule has 0 bridgehead atoms. The van der Waals surface area contributed by atoms with Gasteiger partial charge in [-0.05, 0) is 34.1 Å². The van der Waals surface area contributed by atoms with E-state index in [0.717, 1.165) is 31.0 Å². The van der Waals surface area contributed by atoms with E-state index in [0.29, 0.717) is 0 Å². The van der Waals surface area contributed by atoms with E-state index < -0.39 is 0 Å². The summed E-state index contributed by atoms with van der Waals surface area (Å²) in [5.41, 5.74) is 0.899. The number of halogens is 3. The molecule has 68 valence electrons. The van der Waals surface area contributed by atoms with Gasteiger partial charge in [-0.1, -0.05) is 31.9 Å². The van der Waals surface area contributed by atoms with Crippen LogP contribution in [-0.4, -0.2) is 0 Å². The van der Waals surface area contributed by atoms with E-state index in [1.807, 2.05) is 18.2 Å². The van der Waals surface area contributed by atoms with E-state index in [2.05, 4.69) is 47.8 Å². The van der Waals surface area contributed by atoms with Gasteiger partial charge in [-0.2, -0.15) is 0 Å². The minimum absolute atomic E-state index is 0.742. The molecule has 0 spiro atoms. The molecule has 1 aromatic carbocycles. The summed E-state index contributed by atoms with van der Waals surface area (Å²) in [5.74, 6) is 0.939. The van der Waals surface area contributed by atoms with Crippen LogP contribution in [0.1, 0.15) is 5.76 Å². The summed E-state index contributed by atoms with van der Waals surface area (Å²) in [7, 11) is 0. The summed E-state index contributed by atoms with van der Waals surface area (Å²) in [6.45, 7) is 0. The average molecular weight is 369 g/mol. The highest BCUT2D eigenvalue weighted by Gasteiger charge is 2.06. The third kappa shape index (κ3) is 1.85. The first-order valence-electron chi connectivity index (χ1n) is 3.64. The van der Waals surface area contributed by atoms with Gasteiger partial charge in [0.2, 0.25) is 0 Å². The normalized spacial score (nSPS) is 11.0. The Morgan fingerprint density at radius 1 is 1.15 bits per heavy atom. The smallest absolute Gasteiger partial charge is 0.136 e. The summed E-state index contributed by atoms with van der Waals surface area (Å²) in [5, 5.41) is 1.85. The predicted molar refractivity (Wildman–Crippen MR) is 64.2 cm³/mol. The lowest BCUT2D eigenvalue weighted by Gasteiger charge is -1.93. The van der Waals surface area contributed by atoms with Crippen LogP contribution in [0.2, 0.25) is 0 Å². The molecule has 2 aromatic rings. The van der Waals surface area contributed by atoms with E-state index in [-0.39, 0.29) is 0 Å². The molecular formula is C9H5Br3O. The zero-order valence-corrected chi connectivity index (χ0v) is 11.2. The Bertz CT molecular complexity index is 447. The first-order valence-corrected chi connectivity index (χ1v) is 6.35. The van der Waals surface area contributed by atoms with Crippen LogP contribution in [-0.2, 0) is 5.33 Å². The van der Waals surface area contributed by atoms with Crippen molar-refractivity contribution in [2.45, 2.75) is 5.33 Å². The van der Waals surface area contributed by atoms with Crippen molar-refractivity contribution < 1.29 is 4.42 Å². The van der Waals surface area contributed by atoms with E-state index in [1.54, 1.807) is 0 Å². The van der Waals surface area contributed by atoms with Gasteiger partial charge in [0.1, 0.15) is 11.3 Å². The van der Waals surface area contributed by atoms with Crippen molar-refractivity contribution in [3.63, 3.8) is 0 Å². The van der Waals surface area contributed by atoms with Crippen LogP contribution in [0.25, 0.3) is 11.0 Å². The first-order chi connectivity index (χ1) is 6.20. The molecule has 1 heterocycles. The predicted octanol–water partition coefficient (Wildman–Crippen LogP) is 4.85. The minimum Gasteiger partial charge on any atom is -0.460 e. The number of hydrogen-bond donors (Lipinski definition) is 0. The molecule has 0 saturated heterocycles. The van der Waals surface area contributed by atoms with Crippen molar-refractivity contribution in [1.29, 1.82) is 0 Å². The summed E-state index contributed by atoms with van der Waals surface area (Å²) < 4.78 is 7.64. The Kier molecular flexibility index (Phi) is 2.81. The minimum atomic E-state index is 0.742. The number of alkyl halides is 1. The van der Waals surface area contributed by atoms with Crippen LogP contribution < -0.4 is 0 Å². The second-order valence-corrected chi connectivity index (χ2v) is 4.98. The average Bonchev–Trinajstić information content (AvgIpc) is 2.47. The molecule has 0 aliphatic heterocycles. The highest BCUT2D eigenvalue weighted by atomic mass is 79.9. The topological polar surface area (TPSA) is 13.1 Å². The van der Waals surface area contributed by atoms with Gasteiger partial charge in [0.15, 0.2) is 0 Å². The fourth-order valence-corrected chi connectivity index (χ4v) is 2.76. The Morgan fingerprint density at radius 2 is 1.92 bits per heavy atom. The second-order valence-electron chi connectivity index (χ2n) is 2.65. The van der Waals surface area contributed by atoms with Gasteiger partial charge in [0.25, 0.3) is 0 Å². The van der Waals surface area contributed by atoms with Gasteiger partial charge in [-0.3, -0.25) is 0 Å². The van der Waals surface area contributed by atoms with Crippen LogP contribution in [0.5, 0.6) is 0 Å². The van der Waals surface area contributed by atoms with Crippen LogP contribution in [0, 0.1) is 0 Å². The molecule has 1 aromatic heterocycles. The van der Waals surface area contributed by atoms with Gasteiger partial charge in [-0.15, -0.1) is 0 Å². The summed E-state index contributed by atoms with van der Waals surface area (Å²) in [6, 6.07) is 6.00. The quantitative estimate of drug-likeness (QED) is 0.656. The molecule has 0 fully saturated rings. The van der Waals surface area contributed by atoms with E-state index >= 15 is 0 Å². The number of rotatable bonds is 1. The van der Waals surface area contributed by atoms with Gasteiger partial charge in [0, 0.05) is 14.3 Å².